The lowest BCUT2D eigenvalue weighted by Crippen LogP contribution is -2.78. The Bertz CT molecular complexity index is 661. The fourth-order valence-corrected chi connectivity index (χ4v) is 8.19. The molecule has 0 aromatic rings. The molecule has 9 atom stereocenters. The van der Waals surface area contributed by atoms with E-state index in [-0.39, 0.29) is 41.8 Å². The van der Waals surface area contributed by atoms with Gasteiger partial charge in [-0.25, -0.2) is 0 Å². The molecule has 7 nitrogen and oxygen atoms in total. The molecule has 5 fully saturated rings. The van der Waals surface area contributed by atoms with E-state index >= 15 is 0 Å². The molecule has 29 heavy (non-hydrogen) atoms. The molecule has 3 saturated carbocycles. The number of hydrogen-bond donors (Lipinski definition) is 2. The molecule has 5 rings (SSSR count). The minimum Gasteiger partial charge on any atom is -0.465 e. The van der Waals surface area contributed by atoms with E-state index in [0.29, 0.717) is 24.5 Å². The number of ether oxygens (including phenoxy) is 3. The highest BCUT2D eigenvalue weighted by atomic mass is 16.5. The number of methoxy groups -OCH3 is 1. The van der Waals surface area contributed by atoms with Crippen molar-refractivity contribution in [1.29, 1.82) is 0 Å². The van der Waals surface area contributed by atoms with Gasteiger partial charge in [-0.15, -0.1) is 0 Å². The van der Waals surface area contributed by atoms with Crippen molar-refractivity contribution < 1.29 is 24.1 Å². The van der Waals surface area contributed by atoms with Gasteiger partial charge in [0.2, 0.25) is 0 Å². The molecular formula is C22H36N2O5. The number of carbonyl (C=O) groups is 1. The van der Waals surface area contributed by atoms with Crippen molar-refractivity contribution in [2.24, 2.45) is 17.3 Å². The summed E-state index contributed by atoms with van der Waals surface area (Å²) in [6, 6.07) is 0.483. The second kappa shape index (κ2) is 7.16. The maximum absolute atomic E-state index is 12.0. The van der Waals surface area contributed by atoms with Crippen LogP contribution in [0.2, 0.25) is 0 Å². The summed E-state index contributed by atoms with van der Waals surface area (Å²) < 4.78 is 18.4. The molecule has 5 aliphatic rings. The molecule has 2 heterocycles. The maximum atomic E-state index is 12.0. The lowest BCUT2D eigenvalue weighted by atomic mass is 9.42. The molecule has 164 valence electrons. The largest absolute Gasteiger partial charge is 0.465 e. The van der Waals surface area contributed by atoms with Gasteiger partial charge < -0.3 is 29.5 Å². The molecular weight excluding hydrogens is 372 g/mol. The first-order valence-corrected chi connectivity index (χ1v) is 11.5. The van der Waals surface area contributed by atoms with E-state index in [1.165, 1.54) is 0 Å². The van der Waals surface area contributed by atoms with Gasteiger partial charge in [-0.05, 0) is 65.0 Å². The van der Waals surface area contributed by atoms with Crippen molar-refractivity contribution in [2.75, 3.05) is 33.9 Å². The number of aliphatic hydroxyl groups excluding tert-OH is 1. The van der Waals surface area contributed by atoms with E-state index in [0.717, 1.165) is 45.1 Å². The number of hydrogen-bond acceptors (Lipinski definition) is 7. The molecule has 0 aromatic carbocycles. The molecule has 0 aromatic heterocycles. The Morgan fingerprint density at radius 2 is 2.14 bits per heavy atom. The standard InChI is InChI=1S/C22H36N2O5/c1-4-28-17(26)12-23-14-7-8-22(27-3)16-11-13-5-6-15(25)19-18(13)21(22,20(14)29-19)9-10-24(16)2/h13-16,18-20,23,25H,4-12H2,1-3H3/t13?,14-,15?,16?,18?,19?,20-,21-,22+/m0/s1. The predicted octanol–water partition coefficient (Wildman–Crippen LogP) is 0.935. The second-order valence-electron chi connectivity index (χ2n) is 9.90. The van der Waals surface area contributed by atoms with Crippen molar-refractivity contribution in [3.8, 4) is 0 Å². The summed E-state index contributed by atoms with van der Waals surface area (Å²) in [7, 11) is 4.12. The Morgan fingerprint density at radius 1 is 1.31 bits per heavy atom. The van der Waals surface area contributed by atoms with Gasteiger partial charge in [-0.1, -0.05) is 0 Å². The van der Waals surface area contributed by atoms with Gasteiger partial charge in [0.15, 0.2) is 0 Å². The monoisotopic (exact) mass is 408 g/mol. The fourth-order valence-electron chi connectivity index (χ4n) is 8.19. The summed E-state index contributed by atoms with van der Waals surface area (Å²) >= 11 is 0. The summed E-state index contributed by atoms with van der Waals surface area (Å²) in [4.78, 5) is 14.5. The molecule has 2 saturated heterocycles. The summed E-state index contributed by atoms with van der Waals surface area (Å²) in [5.74, 6) is 0.702. The number of carbonyl (C=O) groups excluding carboxylic acids is 1. The van der Waals surface area contributed by atoms with Crippen molar-refractivity contribution in [1.82, 2.24) is 10.2 Å². The predicted molar refractivity (Wildman–Crippen MR) is 106 cm³/mol. The van der Waals surface area contributed by atoms with Crippen molar-refractivity contribution >= 4 is 5.97 Å². The fraction of sp³-hybridized carbons (Fsp3) is 0.955. The summed E-state index contributed by atoms with van der Waals surface area (Å²) in [5, 5.41) is 14.3. The van der Waals surface area contributed by atoms with Gasteiger partial charge in [-0.2, -0.15) is 0 Å². The van der Waals surface area contributed by atoms with E-state index in [1.54, 1.807) is 0 Å². The van der Waals surface area contributed by atoms with E-state index in [9.17, 15) is 9.90 Å². The number of rotatable bonds is 5. The molecule has 7 heteroatoms. The third kappa shape index (κ3) is 2.57. The van der Waals surface area contributed by atoms with Crippen molar-refractivity contribution in [2.45, 2.75) is 81.4 Å². The minimum atomic E-state index is -0.396. The highest BCUT2D eigenvalue weighted by Crippen LogP contribution is 2.70. The van der Waals surface area contributed by atoms with Crippen LogP contribution in [0.4, 0.5) is 0 Å². The van der Waals surface area contributed by atoms with Crippen LogP contribution in [0.5, 0.6) is 0 Å². The average Bonchev–Trinajstić information content (AvgIpc) is 3.07. The van der Waals surface area contributed by atoms with E-state index < -0.39 is 6.10 Å². The Kier molecular flexibility index (Phi) is 4.98. The van der Waals surface area contributed by atoms with Crippen LogP contribution in [0.15, 0.2) is 0 Å². The van der Waals surface area contributed by atoms with Crippen LogP contribution in [-0.4, -0.2) is 85.8 Å². The zero-order valence-electron chi connectivity index (χ0n) is 17.9. The van der Waals surface area contributed by atoms with Crippen LogP contribution < -0.4 is 5.32 Å². The van der Waals surface area contributed by atoms with Gasteiger partial charge in [0.25, 0.3) is 0 Å². The first-order valence-electron chi connectivity index (χ1n) is 11.5. The quantitative estimate of drug-likeness (QED) is 0.655. The molecule has 2 bridgehead atoms. The summed E-state index contributed by atoms with van der Waals surface area (Å²) in [5.41, 5.74) is -0.335. The molecule has 3 aliphatic carbocycles. The Labute approximate surface area is 173 Å². The van der Waals surface area contributed by atoms with E-state index in [2.05, 4.69) is 17.3 Å². The van der Waals surface area contributed by atoms with Crippen molar-refractivity contribution in [3.05, 3.63) is 0 Å². The SMILES string of the molecule is CCOC(=O)CN[C@H]1CC[C@@]2(OC)C3CC4CCC(O)C5O[C@@H]1[C@]2(CCN3C)C45. The third-order valence-electron chi connectivity index (χ3n) is 9.11. The molecule has 5 unspecified atom stereocenters. The van der Waals surface area contributed by atoms with Crippen LogP contribution in [0.3, 0.4) is 0 Å². The highest BCUT2D eigenvalue weighted by Gasteiger charge is 2.77. The molecule has 0 amide bonds. The highest BCUT2D eigenvalue weighted by molar-refractivity contribution is 5.71. The lowest BCUT2D eigenvalue weighted by molar-refractivity contribution is -0.269. The van der Waals surface area contributed by atoms with Gasteiger partial charge in [0.1, 0.15) is 0 Å². The normalized spacial score (nSPS) is 50.8. The first-order chi connectivity index (χ1) is 14.0. The average molecular weight is 409 g/mol. The molecule has 2 aliphatic heterocycles. The molecule has 1 spiro atoms. The minimum absolute atomic E-state index is 0.0348. The summed E-state index contributed by atoms with van der Waals surface area (Å²) in [6.07, 6.45) is 5.40. The van der Waals surface area contributed by atoms with E-state index in [4.69, 9.17) is 14.2 Å². The van der Waals surface area contributed by atoms with Crippen molar-refractivity contribution in [3.63, 3.8) is 0 Å². The van der Waals surface area contributed by atoms with Crippen LogP contribution >= 0.6 is 0 Å². The van der Waals surface area contributed by atoms with Crippen LogP contribution in [-0.2, 0) is 19.0 Å². The third-order valence-corrected chi connectivity index (χ3v) is 9.11. The molecule has 0 radical (unpaired) electrons. The second-order valence-corrected chi connectivity index (χ2v) is 9.90. The first kappa shape index (κ1) is 20.2. The number of likely N-dealkylation sites (tertiary alicyclic amines) is 1. The van der Waals surface area contributed by atoms with Gasteiger partial charge >= 0.3 is 5.97 Å². The van der Waals surface area contributed by atoms with E-state index in [1.807, 2.05) is 14.0 Å². The smallest absolute Gasteiger partial charge is 0.319 e. The van der Waals surface area contributed by atoms with Gasteiger partial charge in [0.05, 0.1) is 37.1 Å². The Hall–Kier alpha value is -0.730. The van der Waals surface area contributed by atoms with Crippen LogP contribution in [0.25, 0.3) is 0 Å². The zero-order chi connectivity index (χ0) is 20.4. The van der Waals surface area contributed by atoms with Gasteiger partial charge in [0, 0.05) is 30.5 Å². The number of piperidine rings is 1. The number of aliphatic hydroxyl groups is 1. The van der Waals surface area contributed by atoms with Crippen LogP contribution in [0.1, 0.15) is 45.4 Å². The lowest BCUT2D eigenvalue weighted by Gasteiger charge is -2.69. The molecule has 2 N–H and O–H groups in total. The zero-order valence-corrected chi connectivity index (χ0v) is 17.9. The van der Waals surface area contributed by atoms with Gasteiger partial charge in [-0.3, -0.25) is 4.79 Å². The Morgan fingerprint density at radius 3 is 2.90 bits per heavy atom. The number of nitrogens with one attached hydrogen (secondary N) is 1. The number of nitrogens with zero attached hydrogens (tertiary/aromatic N) is 1. The topological polar surface area (TPSA) is 80.3 Å². The summed E-state index contributed by atoms with van der Waals surface area (Å²) in [6.45, 7) is 3.47. The number of likely N-dealkylation sites (N-methyl/N-ethyl adjacent to an activating group) is 1. The Balaban J connectivity index is 1.53. The van der Waals surface area contributed by atoms with Crippen LogP contribution in [0, 0.1) is 17.3 Å². The maximum Gasteiger partial charge on any atom is 0.319 e. The number of esters is 1.